The number of hydrogen-bond donors (Lipinski definition) is 3. The van der Waals surface area contributed by atoms with Crippen molar-refractivity contribution in [2.24, 2.45) is 5.41 Å². The van der Waals surface area contributed by atoms with E-state index in [1.807, 2.05) is 54.6 Å². The molecule has 1 unspecified atom stereocenters. The monoisotopic (exact) mass is 734 g/mol. The van der Waals surface area contributed by atoms with Crippen molar-refractivity contribution in [3.05, 3.63) is 80.9 Å². The van der Waals surface area contributed by atoms with Crippen molar-refractivity contribution >= 4 is 46.6 Å². The maximum atomic E-state index is 11.8. The Hall–Kier alpha value is -3.93. The minimum atomic E-state index is 0.0104. The molecular formula is C37H37Cl3N6O4. The van der Waals surface area contributed by atoms with Gasteiger partial charge in [0.2, 0.25) is 17.7 Å². The second-order valence-electron chi connectivity index (χ2n) is 13.2. The highest BCUT2D eigenvalue weighted by Gasteiger charge is 2.48. The molecule has 5 heterocycles. The Kier molecular flexibility index (Phi) is 9.91. The molecule has 10 nitrogen and oxygen atoms in total. The lowest BCUT2D eigenvalue weighted by atomic mass is 9.79. The van der Waals surface area contributed by atoms with E-state index in [0.717, 1.165) is 47.3 Å². The predicted octanol–water partition coefficient (Wildman–Crippen LogP) is 6.15. The summed E-state index contributed by atoms with van der Waals surface area (Å²) >= 11 is 21.0. The van der Waals surface area contributed by atoms with Crippen LogP contribution in [0.3, 0.4) is 0 Å². The van der Waals surface area contributed by atoms with Crippen LogP contribution in [0, 0.1) is 5.41 Å². The zero-order valence-corrected chi connectivity index (χ0v) is 30.0. The molecule has 260 valence electrons. The van der Waals surface area contributed by atoms with Gasteiger partial charge in [-0.05, 0) is 12.5 Å². The summed E-state index contributed by atoms with van der Waals surface area (Å²) in [6, 6.07) is 17.4. The number of carbonyl (C=O) groups excluding carboxylic acids is 2. The van der Waals surface area contributed by atoms with Crippen molar-refractivity contribution in [1.29, 1.82) is 0 Å². The van der Waals surface area contributed by atoms with Gasteiger partial charge in [-0.25, -0.2) is 9.97 Å². The number of nitrogens with one attached hydrogen (secondary N) is 3. The Balaban J connectivity index is 1.12. The van der Waals surface area contributed by atoms with Crippen LogP contribution < -0.4 is 25.4 Å². The number of rotatable bonds is 11. The maximum Gasteiger partial charge on any atom is 0.220 e. The number of benzene rings is 2. The average molecular weight is 736 g/mol. The van der Waals surface area contributed by atoms with Crippen LogP contribution in [0.25, 0.3) is 33.6 Å². The number of aromatic nitrogens is 2. The third-order valence-corrected chi connectivity index (χ3v) is 10.8. The highest BCUT2D eigenvalue weighted by atomic mass is 35.5. The average Bonchev–Trinajstić information content (AvgIpc) is 3.70. The van der Waals surface area contributed by atoms with Crippen LogP contribution in [0.1, 0.15) is 30.4 Å². The van der Waals surface area contributed by atoms with Crippen LogP contribution in [-0.4, -0.2) is 73.1 Å². The van der Waals surface area contributed by atoms with Gasteiger partial charge in [-0.3, -0.25) is 14.5 Å². The van der Waals surface area contributed by atoms with E-state index in [0.29, 0.717) is 82.8 Å². The third kappa shape index (κ3) is 6.87. The Morgan fingerprint density at radius 1 is 0.900 bits per heavy atom. The van der Waals surface area contributed by atoms with Gasteiger partial charge in [-0.15, -0.1) is 0 Å². The third-order valence-electron chi connectivity index (χ3n) is 9.71. The number of methoxy groups -OCH3 is 2. The molecule has 0 aliphatic carbocycles. The van der Waals surface area contributed by atoms with Crippen molar-refractivity contribution in [2.45, 2.75) is 38.4 Å². The lowest BCUT2D eigenvalue weighted by Gasteiger charge is -2.47. The standard InChI is InChI=1S/C37H37Cl3N6O4/c1-49-30-13-29(44-35(40)27(30)17-46-19-37(20-46)14-32(48)42-18-37)26-8-4-6-24(34(26)39)23-5-3-7-25(33(23)38)28-11-9-21(36(45-28)50-2)15-41-16-22-10-12-31(47)43-22/h3-9,11,13,22,41H,10,12,14-20H2,1-2H3,(H,42,48)(H,43,47). The number of likely N-dealkylation sites (tertiary alicyclic amines) is 1. The van der Waals surface area contributed by atoms with Gasteiger partial charge in [0.25, 0.3) is 0 Å². The van der Waals surface area contributed by atoms with Gasteiger partial charge in [0.05, 0.1) is 35.7 Å². The SMILES string of the molecule is COc1cc(-c2cccc(-c3cccc(-c4ccc(CNCC5CCC(=O)N5)c(OC)n4)c3Cl)c2Cl)nc(Cl)c1CN1CC2(CNC(=O)C2)C1. The fourth-order valence-corrected chi connectivity index (χ4v) is 8.11. The molecule has 1 atom stereocenters. The van der Waals surface area contributed by atoms with Crippen molar-refractivity contribution < 1.29 is 19.1 Å². The van der Waals surface area contributed by atoms with Crippen molar-refractivity contribution in [1.82, 2.24) is 30.8 Å². The fourth-order valence-electron chi connectivity index (χ4n) is 7.21. The first-order chi connectivity index (χ1) is 24.2. The molecule has 2 aromatic heterocycles. The fraction of sp³-hybridized carbons (Fsp3) is 0.351. The number of ether oxygens (including phenoxy) is 2. The van der Waals surface area contributed by atoms with Crippen molar-refractivity contribution in [2.75, 3.05) is 40.4 Å². The number of hydrogen-bond acceptors (Lipinski definition) is 8. The van der Waals surface area contributed by atoms with Crippen molar-refractivity contribution in [3.63, 3.8) is 0 Å². The molecule has 0 radical (unpaired) electrons. The van der Waals surface area contributed by atoms with E-state index in [-0.39, 0.29) is 23.3 Å². The van der Waals surface area contributed by atoms with Crippen LogP contribution in [0.5, 0.6) is 11.6 Å². The summed E-state index contributed by atoms with van der Waals surface area (Å²) in [7, 11) is 3.21. The van der Waals surface area contributed by atoms with Gasteiger partial charge in [-0.2, -0.15) is 0 Å². The van der Waals surface area contributed by atoms with Gasteiger partial charge < -0.3 is 25.4 Å². The normalized spacial score (nSPS) is 18.2. The van der Waals surface area contributed by atoms with E-state index in [4.69, 9.17) is 54.2 Å². The Morgan fingerprint density at radius 3 is 2.22 bits per heavy atom. The summed E-state index contributed by atoms with van der Waals surface area (Å²) in [5, 5.41) is 10.6. The molecule has 0 bridgehead atoms. The zero-order chi connectivity index (χ0) is 35.0. The number of halogens is 3. The topological polar surface area (TPSA) is 118 Å². The van der Waals surface area contributed by atoms with Gasteiger partial charge in [0, 0.05) is 103 Å². The first-order valence-corrected chi connectivity index (χ1v) is 17.6. The predicted molar refractivity (Wildman–Crippen MR) is 195 cm³/mol. The molecular weight excluding hydrogens is 699 g/mol. The molecule has 7 rings (SSSR count). The van der Waals surface area contributed by atoms with E-state index in [1.54, 1.807) is 14.2 Å². The highest BCUT2D eigenvalue weighted by molar-refractivity contribution is 6.39. The Morgan fingerprint density at radius 2 is 1.60 bits per heavy atom. The molecule has 0 saturated carbocycles. The summed E-state index contributed by atoms with van der Waals surface area (Å²) in [6.45, 7) is 4.12. The number of amides is 2. The Labute approximate surface area is 305 Å². The number of carbonyl (C=O) groups is 2. The van der Waals surface area contributed by atoms with Gasteiger partial charge in [0.1, 0.15) is 10.9 Å². The summed E-state index contributed by atoms with van der Waals surface area (Å²) in [4.78, 5) is 35.1. The van der Waals surface area contributed by atoms with Crippen LogP contribution in [0.4, 0.5) is 0 Å². The van der Waals surface area contributed by atoms with Gasteiger partial charge in [0.15, 0.2) is 0 Å². The number of nitrogens with zero attached hydrogens (tertiary/aromatic N) is 3. The molecule has 3 saturated heterocycles. The van der Waals surface area contributed by atoms with Crippen LogP contribution in [-0.2, 0) is 22.7 Å². The first-order valence-electron chi connectivity index (χ1n) is 16.5. The second kappa shape index (κ2) is 14.4. The molecule has 13 heteroatoms. The van der Waals surface area contributed by atoms with E-state index in [9.17, 15) is 9.59 Å². The molecule has 2 aromatic carbocycles. The summed E-state index contributed by atoms with van der Waals surface area (Å²) in [5.41, 5.74) is 5.82. The maximum absolute atomic E-state index is 11.8. The molecule has 50 heavy (non-hydrogen) atoms. The second-order valence-corrected chi connectivity index (χ2v) is 14.3. The van der Waals surface area contributed by atoms with Crippen molar-refractivity contribution in [3.8, 4) is 45.3 Å². The summed E-state index contributed by atoms with van der Waals surface area (Å²) in [5.74, 6) is 1.32. The minimum absolute atomic E-state index is 0.0104. The quantitative estimate of drug-likeness (QED) is 0.157. The Bertz CT molecular complexity index is 1970. The molecule has 3 aliphatic rings. The van der Waals surface area contributed by atoms with Crippen LogP contribution in [0.15, 0.2) is 54.6 Å². The lowest BCUT2D eigenvalue weighted by molar-refractivity contribution is -0.121. The summed E-state index contributed by atoms with van der Waals surface area (Å²) < 4.78 is 11.4. The molecule has 3 aliphatic heterocycles. The van der Waals surface area contributed by atoms with E-state index < -0.39 is 0 Å². The van der Waals surface area contributed by atoms with Crippen LogP contribution >= 0.6 is 34.8 Å². The zero-order valence-electron chi connectivity index (χ0n) is 27.7. The highest BCUT2D eigenvalue weighted by Crippen LogP contribution is 2.44. The minimum Gasteiger partial charge on any atom is -0.496 e. The van der Waals surface area contributed by atoms with Crippen LogP contribution in [0.2, 0.25) is 15.2 Å². The van der Waals surface area contributed by atoms with Gasteiger partial charge >= 0.3 is 0 Å². The molecule has 2 amide bonds. The van der Waals surface area contributed by atoms with Gasteiger partial charge in [-0.1, -0.05) is 77.3 Å². The molecule has 4 aromatic rings. The smallest absolute Gasteiger partial charge is 0.220 e. The summed E-state index contributed by atoms with van der Waals surface area (Å²) in [6.07, 6.45) is 1.96. The molecule has 1 spiro atoms. The lowest BCUT2D eigenvalue weighted by Crippen LogP contribution is -2.56. The largest absolute Gasteiger partial charge is 0.496 e. The number of pyridine rings is 2. The molecule has 3 fully saturated rings. The first kappa shape index (κ1) is 34.5. The van der Waals surface area contributed by atoms with E-state index in [1.165, 1.54) is 0 Å². The molecule has 3 N–H and O–H groups in total. The van der Waals surface area contributed by atoms with E-state index in [2.05, 4.69) is 20.9 Å². The van der Waals surface area contributed by atoms with E-state index >= 15 is 0 Å².